The average Bonchev–Trinajstić information content (AvgIpc) is 3.53. The number of fused-ring (bicyclic) bond motifs is 1. The Kier molecular flexibility index (Phi) is 3.56. The predicted molar refractivity (Wildman–Crippen MR) is 99.2 cm³/mol. The van der Waals surface area contributed by atoms with E-state index in [0.717, 1.165) is 24.1 Å². The molecule has 0 aliphatic heterocycles. The minimum Gasteiger partial charge on any atom is -0.493 e. The fraction of sp³-hybridized carbons (Fsp3) is 0.444. The minimum absolute atomic E-state index is 0.209. The SMILES string of the molecule is C[C@@H](Nc1cc(=NC2CC2)n2ncc(=Cc3[nH]c(=O)[nH]c3O)c2n1)C1CC1. The van der Waals surface area contributed by atoms with E-state index in [9.17, 15) is 9.90 Å². The Bertz CT molecular complexity index is 1180. The highest BCUT2D eigenvalue weighted by Gasteiger charge is 2.28. The van der Waals surface area contributed by atoms with Gasteiger partial charge in [0.15, 0.2) is 11.1 Å². The Hall–Kier alpha value is -3.10. The van der Waals surface area contributed by atoms with Crippen LogP contribution in [0.4, 0.5) is 5.82 Å². The molecule has 1 atom stereocenters. The van der Waals surface area contributed by atoms with Crippen molar-refractivity contribution in [2.24, 2.45) is 10.9 Å². The Labute approximate surface area is 153 Å². The van der Waals surface area contributed by atoms with Crippen molar-refractivity contribution in [3.05, 3.63) is 39.1 Å². The van der Waals surface area contributed by atoms with Crippen LogP contribution >= 0.6 is 0 Å². The summed E-state index contributed by atoms with van der Waals surface area (Å²) in [4.78, 5) is 25.7. The van der Waals surface area contributed by atoms with Crippen molar-refractivity contribution in [3.63, 3.8) is 0 Å². The third-order valence-electron chi connectivity index (χ3n) is 5.08. The molecule has 3 aromatic heterocycles. The van der Waals surface area contributed by atoms with E-state index in [-0.39, 0.29) is 5.88 Å². The van der Waals surface area contributed by atoms with Crippen LogP contribution < -0.4 is 21.7 Å². The fourth-order valence-electron chi connectivity index (χ4n) is 3.22. The molecule has 0 bridgehead atoms. The molecule has 0 amide bonds. The van der Waals surface area contributed by atoms with Crippen molar-refractivity contribution < 1.29 is 5.11 Å². The molecule has 27 heavy (non-hydrogen) atoms. The number of nitrogens with one attached hydrogen (secondary N) is 3. The van der Waals surface area contributed by atoms with E-state index in [1.807, 2.05) is 6.07 Å². The van der Waals surface area contributed by atoms with E-state index in [0.29, 0.717) is 34.6 Å². The molecule has 2 saturated carbocycles. The van der Waals surface area contributed by atoms with Crippen LogP contribution in [0.25, 0.3) is 11.7 Å². The molecule has 9 nitrogen and oxygen atoms in total. The van der Waals surface area contributed by atoms with Crippen LogP contribution in [0, 0.1) is 5.92 Å². The maximum absolute atomic E-state index is 11.4. The van der Waals surface area contributed by atoms with Gasteiger partial charge in [0.1, 0.15) is 11.5 Å². The number of anilines is 1. The van der Waals surface area contributed by atoms with Crippen LogP contribution in [-0.2, 0) is 0 Å². The summed E-state index contributed by atoms with van der Waals surface area (Å²) in [6.07, 6.45) is 8.02. The summed E-state index contributed by atoms with van der Waals surface area (Å²) in [6.45, 7) is 2.17. The minimum atomic E-state index is -0.465. The molecule has 2 aliphatic carbocycles. The summed E-state index contributed by atoms with van der Waals surface area (Å²) in [5.41, 5.74) is 1.22. The molecule has 3 heterocycles. The van der Waals surface area contributed by atoms with Crippen LogP contribution in [-0.4, -0.2) is 41.8 Å². The van der Waals surface area contributed by atoms with E-state index in [4.69, 9.17) is 9.98 Å². The Balaban J connectivity index is 1.66. The predicted octanol–water partition coefficient (Wildman–Crippen LogP) is 0.272. The number of H-pyrrole nitrogens is 2. The second-order valence-corrected chi connectivity index (χ2v) is 7.45. The molecule has 140 valence electrons. The molecule has 0 saturated heterocycles. The number of aromatic amines is 2. The lowest BCUT2D eigenvalue weighted by molar-refractivity contribution is 0.454. The van der Waals surface area contributed by atoms with E-state index in [1.54, 1.807) is 16.8 Å². The number of aromatic nitrogens is 5. The third-order valence-corrected chi connectivity index (χ3v) is 5.08. The van der Waals surface area contributed by atoms with Crippen molar-refractivity contribution in [2.45, 2.75) is 44.7 Å². The van der Waals surface area contributed by atoms with Gasteiger partial charge in [0.2, 0.25) is 5.88 Å². The van der Waals surface area contributed by atoms with Crippen LogP contribution in [0.15, 0.2) is 22.1 Å². The number of imidazole rings is 1. The van der Waals surface area contributed by atoms with E-state index < -0.39 is 5.69 Å². The first-order chi connectivity index (χ1) is 13.1. The van der Waals surface area contributed by atoms with Gasteiger partial charge in [-0.25, -0.2) is 9.78 Å². The number of hydrogen-bond acceptors (Lipinski definition) is 6. The zero-order valence-electron chi connectivity index (χ0n) is 14.9. The Morgan fingerprint density at radius 2 is 2.19 bits per heavy atom. The van der Waals surface area contributed by atoms with Gasteiger partial charge in [-0.2, -0.15) is 9.61 Å². The summed E-state index contributed by atoms with van der Waals surface area (Å²) >= 11 is 0. The summed E-state index contributed by atoms with van der Waals surface area (Å²) in [5.74, 6) is 1.26. The highest BCUT2D eigenvalue weighted by Crippen LogP contribution is 2.33. The van der Waals surface area contributed by atoms with Crippen molar-refractivity contribution in [1.29, 1.82) is 0 Å². The molecular formula is C18H21N7O2. The zero-order chi connectivity index (χ0) is 18.5. The van der Waals surface area contributed by atoms with Crippen LogP contribution in [0.5, 0.6) is 5.88 Å². The van der Waals surface area contributed by atoms with Gasteiger partial charge in [-0.1, -0.05) is 0 Å². The molecule has 0 aromatic carbocycles. The van der Waals surface area contributed by atoms with E-state index in [2.05, 4.69) is 27.3 Å². The number of nitrogens with zero attached hydrogens (tertiary/aromatic N) is 4. The molecular weight excluding hydrogens is 346 g/mol. The van der Waals surface area contributed by atoms with E-state index >= 15 is 0 Å². The van der Waals surface area contributed by atoms with Gasteiger partial charge < -0.3 is 15.4 Å². The van der Waals surface area contributed by atoms with Crippen molar-refractivity contribution in [1.82, 2.24) is 24.6 Å². The maximum atomic E-state index is 11.4. The monoisotopic (exact) mass is 367 g/mol. The van der Waals surface area contributed by atoms with Crippen LogP contribution in [0.1, 0.15) is 38.3 Å². The van der Waals surface area contributed by atoms with Crippen LogP contribution in [0.3, 0.4) is 0 Å². The second kappa shape index (κ2) is 5.97. The molecule has 0 radical (unpaired) electrons. The first-order valence-corrected chi connectivity index (χ1v) is 9.29. The summed E-state index contributed by atoms with van der Waals surface area (Å²) < 4.78 is 1.71. The Morgan fingerprint density at radius 1 is 1.37 bits per heavy atom. The zero-order valence-corrected chi connectivity index (χ0v) is 14.9. The van der Waals surface area contributed by atoms with Gasteiger partial charge in [-0.05, 0) is 44.6 Å². The number of hydrogen-bond donors (Lipinski definition) is 4. The van der Waals surface area contributed by atoms with Gasteiger partial charge in [0.05, 0.1) is 12.2 Å². The highest BCUT2D eigenvalue weighted by molar-refractivity contribution is 5.58. The largest absolute Gasteiger partial charge is 0.493 e. The number of aromatic hydroxyl groups is 1. The van der Waals surface area contributed by atoms with Crippen molar-refractivity contribution in [3.8, 4) is 5.88 Å². The van der Waals surface area contributed by atoms with Gasteiger partial charge in [-0.3, -0.25) is 9.98 Å². The molecule has 0 spiro atoms. The van der Waals surface area contributed by atoms with Crippen LogP contribution in [0.2, 0.25) is 0 Å². The van der Waals surface area contributed by atoms with Gasteiger partial charge in [0, 0.05) is 17.3 Å². The van der Waals surface area contributed by atoms with Gasteiger partial charge in [0.25, 0.3) is 0 Å². The third kappa shape index (κ3) is 3.20. The maximum Gasteiger partial charge on any atom is 0.326 e. The second-order valence-electron chi connectivity index (χ2n) is 7.45. The van der Waals surface area contributed by atoms with Crippen molar-refractivity contribution >= 4 is 17.5 Å². The summed E-state index contributed by atoms with van der Waals surface area (Å²) in [5, 5.41) is 18.4. The smallest absolute Gasteiger partial charge is 0.326 e. The highest BCUT2D eigenvalue weighted by atomic mass is 16.3. The topological polar surface area (TPSA) is 123 Å². The van der Waals surface area contributed by atoms with Crippen molar-refractivity contribution in [2.75, 3.05) is 5.32 Å². The molecule has 2 aliphatic rings. The molecule has 9 heteroatoms. The van der Waals surface area contributed by atoms with Gasteiger partial charge >= 0.3 is 5.69 Å². The fourth-order valence-corrected chi connectivity index (χ4v) is 3.22. The molecule has 4 N–H and O–H groups in total. The van der Waals surface area contributed by atoms with Gasteiger partial charge in [-0.15, -0.1) is 0 Å². The average molecular weight is 367 g/mol. The lowest BCUT2D eigenvalue weighted by Gasteiger charge is -2.13. The number of rotatable bonds is 5. The molecule has 5 rings (SSSR count). The van der Waals surface area contributed by atoms with E-state index in [1.165, 1.54) is 12.8 Å². The lowest BCUT2D eigenvalue weighted by Crippen LogP contribution is -2.24. The Morgan fingerprint density at radius 3 is 2.85 bits per heavy atom. The quantitative estimate of drug-likeness (QED) is 0.515. The first-order valence-electron chi connectivity index (χ1n) is 9.29. The normalized spacial score (nSPS) is 19.7. The first kappa shape index (κ1) is 16.1. The lowest BCUT2D eigenvalue weighted by atomic mass is 10.2. The standard InChI is InChI=1S/C18H21N7O2/c1-9(10-2-3-10)20-14-7-15(21-12-4-5-12)25-16(23-14)11(8-19-25)6-13-17(26)24-18(27)22-13/h6-10,12,20,26H,2-5H2,1H3,(H2,22,24,27)/t9-/m1/s1. The molecule has 2 fully saturated rings. The molecule has 3 aromatic rings. The summed E-state index contributed by atoms with van der Waals surface area (Å²) in [6, 6.07) is 2.65. The summed E-state index contributed by atoms with van der Waals surface area (Å²) in [7, 11) is 0. The molecule has 0 unspecified atom stereocenters.